The number of aliphatic hydroxyl groups is 1. The van der Waals surface area contributed by atoms with Gasteiger partial charge >= 0.3 is 0 Å². The molecule has 1 aliphatic rings. The van der Waals surface area contributed by atoms with Crippen molar-refractivity contribution in [2.45, 2.75) is 18.9 Å². The molecular formula is C12H16BrNO. The molecule has 2 rings (SSSR count). The van der Waals surface area contributed by atoms with Crippen molar-refractivity contribution in [2.24, 2.45) is 0 Å². The van der Waals surface area contributed by atoms with Crippen molar-refractivity contribution in [3.63, 3.8) is 0 Å². The molecule has 1 atom stereocenters. The van der Waals surface area contributed by atoms with Crippen molar-refractivity contribution in [2.75, 3.05) is 19.6 Å². The zero-order valence-electron chi connectivity index (χ0n) is 8.69. The fourth-order valence-corrected chi connectivity index (χ4v) is 2.60. The monoisotopic (exact) mass is 269 g/mol. The first-order valence-electron chi connectivity index (χ1n) is 5.42. The molecule has 1 aromatic rings. The Kier molecular flexibility index (Phi) is 3.78. The molecule has 1 heterocycles. The van der Waals surface area contributed by atoms with Crippen LogP contribution >= 0.6 is 15.9 Å². The van der Waals surface area contributed by atoms with E-state index in [0.29, 0.717) is 0 Å². The van der Waals surface area contributed by atoms with Crippen LogP contribution in [-0.2, 0) is 0 Å². The van der Waals surface area contributed by atoms with Crippen LogP contribution in [0.2, 0.25) is 0 Å². The van der Waals surface area contributed by atoms with Crippen LogP contribution in [0.4, 0.5) is 0 Å². The lowest BCUT2D eigenvalue weighted by molar-refractivity contribution is 0.125. The molecule has 2 nitrogen and oxygen atoms in total. The minimum Gasteiger partial charge on any atom is -0.387 e. The van der Waals surface area contributed by atoms with Crippen molar-refractivity contribution in [3.8, 4) is 0 Å². The smallest absolute Gasteiger partial charge is 0.0927 e. The molecule has 0 saturated carbocycles. The van der Waals surface area contributed by atoms with Crippen molar-refractivity contribution >= 4 is 15.9 Å². The third-order valence-corrected chi connectivity index (χ3v) is 3.62. The molecule has 1 fully saturated rings. The zero-order valence-corrected chi connectivity index (χ0v) is 10.3. The maximum absolute atomic E-state index is 10.1. The standard InChI is InChI=1S/C12H16BrNO/c13-11-6-2-1-5-10(11)12(15)9-14-7-3-4-8-14/h1-2,5-6,12,15H,3-4,7-9H2. The van der Waals surface area contributed by atoms with Gasteiger partial charge in [0.05, 0.1) is 6.10 Å². The molecule has 0 spiro atoms. The van der Waals surface area contributed by atoms with Gasteiger partial charge in [0.15, 0.2) is 0 Å². The normalized spacial score (nSPS) is 19.3. The Balaban J connectivity index is 2.00. The summed E-state index contributed by atoms with van der Waals surface area (Å²) in [7, 11) is 0. The number of β-amino-alcohol motifs (C(OH)–C–C–N with tert-alkyl or cyclic N) is 1. The van der Waals surface area contributed by atoms with E-state index in [1.165, 1.54) is 12.8 Å². The highest BCUT2D eigenvalue weighted by Gasteiger charge is 2.17. The van der Waals surface area contributed by atoms with Crippen molar-refractivity contribution in [1.29, 1.82) is 0 Å². The van der Waals surface area contributed by atoms with Gasteiger partial charge in [-0.15, -0.1) is 0 Å². The lowest BCUT2D eigenvalue weighted by atomic mass is 10.1. The predicted octanol–water partition coefficient (Wildman–Crippen LogP) is 2.58. The lowest BCUT2D eigenvalue weighted by Crippen LogP contribution is -2.25. The summed E-state index contributed by atoms with van der Waals surface area (Å²) in [5.74, 6) is 0. The van der Waals surface area contributed by atoms with E-state index in [0.717, 1.165) is 29.7 Å². The molecule has 0 amide bonds. The average molecular weight is 270 g/mol. The Hall–Kier alpha value is -0.380. The largest absolute Gasteiger partial charge is 0.387 e. The van der Waals surface area contributed by atoms with E-state index in [1.54, 1.807) is 0 Å². The Bertz CT molecular complexity index is 323. The number of likely N-dealkylation sites (tertiary alicyclic amines) is 1. The number of nitrogens with zero attached hydrogens (tertiary/aromatic N) is 1. The number of halogens is 1. The summed E-state index contributed by atoms with van der Waals surface area (Å²) < 4.78 is 0.997. The molecular weight excluding hydrogens is 254 g/mol. The van der Waals surface area contributed by atoms with Crippen molar-refractivity contribution < 1.29 is 5.11 Å². The maximum Gasteiger partial charge on any atom is 0.0927 e. The summed E-state index contributed by atoms with van der Waals surface area (Å²) in [4.78, 5) is 2.32. The van der Waals surface area contributed by atoms with Crippen LogP contribution in [-0.4, -0.2) is 29.6 Å². The first kappa shape index (κ1) is 11.1. The number of rotatable bonds is 3. The Labute approximate surface area is 99.0 Å². The summed E-state index contributed by atoms with van der Waals surface area (Å²) in [6.07, 6.45) is 2.16. The van der Waals surface area contributed by atoms with Crippen LogP contribution in [0.5, 0.6) is 0 Å². The van der Waals surface area contributed by atoms with Gasteiger partial charge in [-0.3, -0.25) is 0 Å². The SMILES string of the molecule is OC(CN1CCCC1)c1ccccc1Br. The number of benzene rings is 1. The molecule has 1 aromatic carbocycles. The first-order valence-corrected chi connectivity index (χ1v) is 6.21. The van der Waals surface area contributed by atoms with Crippen LogP contribution in [0.15, 0.2) is 28.7 Å². The Morgan fingerprint density at radius 3 is 2.60 bits per heavy atom. The molecule has 15 heavy (non-hydrogen) atoms. The van der Waals surface area contributed by atoms with E-state index in [4.69, 9.17) is 0 Å². The minimum absolute atomic E-state index is 0.376. The maximum atomic E-state index is 10.1. The topological polar surface area (TPSA) is 23.5 Å². The van der Waals surface area contributed by atoms with Gasteiger partial charge in [-0.05, 0) is 37.6 Å². The van der Waals surface area contributed by atoms with E-state index in [1.807, 2.05) is 24.3 Å². The van der Waals surface area contributed by atoms with Crippen LogP contribution in [0.25, 0.3) is 0 Å². The summed E-state index contributed by atoms with van der Waals surface area (Å²) in [6, 6.07) is 7.89. The lowest BCUT2D eigenvalue weighted by Gasteiger charge is -2.20. The highest BCUT2D eigenvalue weighted by Crippen LogP contribution is 2.24. The average Bonchev–Trinajstić information content (AvgIpc) is 2.71. The molecule has 1 unspecified atom stereocenters. The van der Waals surface area contributed by atoms with E-state index in [-0.39, 0.29) is 6.10 Å². The summed E-state index contributed by atoms with van der Waals surface area (Å²) in [5, 5.41) is 10.1. The summed E-state index contributed by atoms with van der Waals surface area (Å²) >= 11 is 3.47. The van der Waals surface area contributed by atoms with E-state index in [9.17, 15) is 5.11 Å². The summed E-state index contributed by atoms with van der Waals surface area (Å²) in [6.45, 7) is 3.01. The molecule has 1 saturated heterocycles. The third kappa shape index (κ3) is 2.80. The summed E-state index contributed by atoms with van der Waals surface area (Å²) in [5.41, 5.74) is 0.990. The van der Waals surface area contributed by atoms with Gasteiger partial charge in [-0.2, -0.15) is 0 Å². The fourth-order valence-electron chi connectivity index (χ4n) is 2.05. The first-order chi connectivity index (χ1) is 7.27. The molecule has 0 bridgehead atoms. The van der Waals surface area contributed by atoms with E-state index in [2.05, 4.69) is 20.8 Å². The minimum atomic E-state index is -0.376. The van der Waals surface area contributed by atoms with Crippen molar-refractivity contribution in [1.82, 2.24) is 4.90 Å². The molecule has 1 N–H and O–H groups in total. The third-order valence-electron chi connectivity index (χ3n) is 2.89. The van der Waals surface area contributed by atoms with Gasteiger partial charge in [-0.1, -0.05) is 34.1 Å². The van der Waals surface area contributed by atoms with E-state index < -0.39 is 0 Å². The molecule has 1 aliphatic heterocycles. The Morgan fingerprint density at radius 2 is 1.93 bits per heavy atom. The predicted molar refractivity (Wildman–Crippen MR) is 64.8 cm³/mol. The van der Waals surface area contributed by atoms with Gasteiger partial charge in [0.1, 0.15) is 0 Å². The van der Waals surface area contributed by atoms with E-state index >= 15 is 0 Å². The second kappa shape index (κ2) is 5.10. The highest BCUT2D eigenvalue weighted by molar-refractivity contribution is 9.10. The van der Waals surface area contributed by atoms with Gasteiger partial charge in [0, 0.05) is 11.0 Å². The van der Waals surface area contributed by atoms with Crippen molar-refractivity contribution in [3.05, 3.63) is 34.3 Å². The number of aliphatic hydroxyl groups excluding tert-OH is 1. The second-order valence-electron chi connectivity index (χ2n) is 4.05. The van der Waals surface area contributed by atoms with Crippen LogP contribution in [0.1, 0.15) is 24.5 Å². The number of hydrogen-bond acceptors (Lipinski definition) is 2. The fraction of sp³-hybridized carbons (Fsp3) is 0.500. The molecule has 82 valence electrons. The number of hydrogen-bond donors (Lipinski definition) is 1. The highest BCUT2D eigenvalue weighted by atomic mass is 79.9. The van der Waals surface area contributed by atoms with Gasteiger partial charge in [0.25, 0.3) is 0 Å². The van der Waals surface area contributed by atoms with Gasteiger partial charge < -0.3 is 10.0 Å². The quantitative estimate of drug-likeness (QED) is 0.912. The van der Waals surface area contributed by atoms with Gasteiger partial charge in [-0.25, -0.2) is 0 Å². The van der Waals surface area contributed by atoms with Crippen LogP contribution < -0.4 is 0 Å². The zero-order chi connectivity index (χ0) is 10.7. The molecule has 3 heteroatoms. The second-order valence-corrected chi connectivity index (χ2v) is 4.90. The van der Waals surface area contributed by atoms with Crippen LogP contribution in [0, 0.1) is 0 Å². The molecule has 0 aromatic heterocycles. The van der Waals surface area contributed by atoms with Gasteiger partial charge in [0.2, 0.25) is 0 Å². The molecule has 0 radical (unpaired) electrons. The molecule has 0 aliphatic carbocycles. The van der Waals surface area contributed by atoms with Crippen LogP contribution in [0.3, 0.4) is 0 Å². The Morgan fingerprint density at radius 1 is 1.27 bits per heavy atom.